The Morgan fingerprint density at radius 2 is 2.00 bits per heavy atom. The van der Waals surface area contributed by atoms with Crippen LogP contribution in [0.2, 0.25) is 0 Å². The molecule has 1 aromatic carbocycles. The van der Waals surface area contributed by atoms with Gasteiger partial charge in [0.1, 0.15) is 5.56 Å². The van der Waals surface area contributed by atoms with Gasteiger partial charge >= 0.3 is 51.4 Å². The molecular formula is C19H21KN4O4S. The fraction of sp³-hybridized carbons (Fsp3) is 0.316. The zero-order chi connectivity index (χ0) is 20.4. The Morgan fingerprint density at radius 1 is 1.31 bits per heavy atom. The van der Waals surface area contributed by atoms with Crippen LogP contribution in [0, 0.1) is 13.8 Å². The van der Waals surface area contributed by atoms with E-state index < -0.39 is 21.2 Å². The molecular weight excluding hydrogens is 419 g/mol. The van der Waals surface area contributed by atoms with Gasteiger partial charge in [0.15, 0.2) is 15.6 Å². The first-order valence-corrected chi connectivity index (χ1v) is 10.5. The predicted octanol–water partition coefficient (Wildman–Crippen LogP) is -1.15. The number of H-pyrrole nitrogens is 1. The van der Waals surface area contributed by atoms with Crippen molar-refractivity contribution < 1.29 is 66.0 Å². The van der Waals surface area contributed by atoms with Crippen LogP contribution in [0.1, 0.15) is 41.0 Å². The number of aromatic amines is 1. The monoisotopic (exact) mass is 440 g/mol. The van der Waals surface area contributed by atoms with E-state index in [1.165, 1.54) is 10.9 Å². The fourth-order valence-electron chi connectivity index (χ4n) is 3.90. The predicted molar refractivity (Wildman–Crippen MR) is 104 cm³/mol. The molecule has 1 aliphatic rings. The van der Waals surface area contributed by atoms with Gasteiger partial charge in [0.05, 0.1) is 16.3 Å². The third-order valence-electron chi connectivity index (χ3n) is 5.17. The van der Waals surface area contributed by atoms with Gasteiger partial charge in [-0.05, 0) is 38.0 Å². The van der Waals surface area contributed by atoms with Gasteiger partial charge in [-0.1, -0.05) is 0 Å². The van der Waals surface area contributed by atoms with E-state index in [-0.39, 0.29) is 69.0 Å². The largest absolute Gasteiger partial charge is 1.00 e. The summed E-state index contributed by atoms with van der Waals surface area (Å²) in [5, 5.41) is 7.21. The molecule has 0 aliphatic carbocycles. The molecule has 4 rings (SSSR count). The van der Waals surface area contributed by atoms with Crippen LogP contribution in [0.15, 0.2) is 28.2 Å². The van der Waals surface area contributed by atoms with Gasteiger partial charge in [0.25, 0.3) is 5.56 Å². The Kier molecular flexibility index (Phi) is 5.98. The number of benzene rings is 1. The molecule has 0 fully saturated rings. The fourth-order valence-corrected chi connectivity index (χ4v) is 5.77. The average molecular weight is 441 g/mol. The maximum Gasteiger partial charge on any atom is 1.00 e. The number of ketones is 1. The van der Waals surface area contributed by atoms with E-state index in [0.717, 1.165) is 0 Å². The molecule has 0 saturated heterocycles. The second-order valence-electron chi connectivity index (χ2n) is 7.07. The third kappa shape index (κ3) is 3.45. The van der Waals surface area contributed by atoms with Crippen LogP contribution in [0.4, 0.5) is 0 Å². The summed E-state index contributed by atoms with van der Waals surface area (Å²) in [6.07, 6.45) is 3.08. The van der Waals surface area contributed by atoms with Crippen molar-refractivity contribution in [2.24, 2.45) is 7.05 Å². The molecule has 0 bridgehead atoms. The van der Waals surface area contributed by atoms with Crippen LogP contribution in [-0.2, 0) is 29.2 Å². The van der Waals surface area contributed by atoms with Gasteiger partial charge in [-0.2, -0.15) is 5.10 Å². The number of hydrogen-bond acceptors (Lipinski definition) is 5. The Hall–Kier alpha value is -1.30. The van der Waals surface area contributed by atoms with Crippen molar-refractivity contribution in [2.75, 3.05) is 0 Å². The first kappa shape index (κ1) is 22.4. The number of aryl methyl sites for hydroxylation is 3. The Bertz CT molecular complexity index is 1320. The van der Waals surface area contributed by atoms with E-state index in [9.17, 15) is 18.0 Å². The summed E-state index contributed by atoms with van der Waals surface area (Å²) in [5.41, 5.74) is 2.57. The SMILES string of the molecule is CCn1[nH]cc(C(=O)c2cc(C)c3c(c2C)-c2nn(C)cc2CS3(=O)=O)c1=O.[H-].[K+]. The summed E-state index contributed by atoms with van der Waals surface area (Å²) in [7, 11) is -1.82. The molecule has 0 amide bonds. The second-order valence-corrected chi connectivity index (χ2v) is 9.00. The van der Waals surface area contributed by atoms with Gasteiger partial charge in [-0.25, -0.2) is 8.42 Å². The number of sulfone groups is 1. The molecule has 8 nitrogen and oxygen atoms in total. The Balaban J connectivity index is 0.00000160. The number of carbonyl (C=O) groups is 1. The van der Waals surface area contributed by atoms with Gasteiger partial charge in [0, 0.05) is 42.7 Å². The molecule has 1 aliphatic heterocycles. The van der Waals surface area contributed by atoms with E-state index in [2.05, 4.69) is 10.2 Å². The van der Waals surface area contributed by atoms with Gasteiger partial charge in [-0.3, -0.25) is 19.0 Å². The summed E-state index contributed by atoms with van der Waals surface area (Å²) in [6.45, 7) is 5.59. The first-order valence-electron chi connectivity index (χ1n) is 8.88. The zero-order valence-electron chi connectivity index (χ0n) is 18.0. The minimum absolute atomic E-state index is 0. The smallest absolute Gasteiger partial charge is 1.00 e. The Morgan fingerprint density at radius 3 is 2.62 bits per heavy atom. The van der Waals surface area contributed by atoms with Crippen LogP contribution in [0.25, 0.3) is 11.3 Å². The molecule has 2 aromatic heterocycles. The normalized spacial score (nSPS) is 14.1. The number of hydrogen-bond donors (Lipinski definition) is 1. The molecule has 3 aromatic rings. The molecule has 0 atom stereocenters. The first-order chi connectivity index (χ1) is 13.2. The second kappa shape index (κ2) is 7.75. The van der Waals surface area contributed by atoms with Crippen LogP contribution >= 0.6 is 0 Å². The van der Waals surface area contributed by atoms with Gasteiger partial charge < -0.3 is 6.53 Å². The standard InChI is InChI=1S/C19H20N4O4S.K.H/c1-5-23-19(25)14(7-20-23)17(24)13-6-10(2)18-15(11(13)3)16-12(8-22(4)21-16)9-28(18,26)27;;/h6-8,20H,5,9H2,1-4H3;;/q;+1;-1. The molecule has 3 heterocycles. The van der Waals surface area contributed by atoms with Crippen molar-refractivity contribution in [1.29, 1.82) is 0 Å². The van der Waals surface area contributed by atoms with E-state index in [0.29, 0.717) is 40.1 Å². The van der Waals surface area contributed by atoms with Crippen LogP contribution in [-0.4, -0.2) is 33.8 Å². The minimum atomic E-state index is -3.55. The minimum Gasteiger partial charge on any atom is -1.00 e. The summed E-state index contributed by atoms with van der Waals surface area (Å²) >= 11 is 0. The van der Waals surface area contributed by atoms with Crippen molar-refractivity contribution in [3.63, 3.8) is 0 Å². The van der Waals surface area contributed by atoms with Crippen molar-refractivity contribution in [2.45, 2.75) is 38.0 Å². The van der Waals surface area contributed by atoms with Crippen molar-refractivity contribution in [3.05, 3.63) is 56.6 Å². The van der Waals surface area contributed by atoms with Crippen molar-refractivity contribution in [3.8, 4) is 11.3 Å². The van der Waals surface area contributed by atoms with Gasteiger partial charge in [0.2, 0.25) is 0 Å². The van der Waals surface area contributed by atoms with Crippen molar-refractivity contribution >= 4 is 15.6 Å². The molecule has 0 spiro atoms. The number of fused-ring (bicyclic) bond motifs is 3. The zero-order valence-corrected chi connectivity index (χ0v) is 21.0. The summed E-state index contributed by atoms with van der Waals surface area (Å²) in [6, 6.07) is 1.56. The maximum absolute atomic E-state index is 13.1. The van der Waals surface area contributed by atoms with E-state index in [4.69, 9.17) is 0 Å². The summed E-state index contributed by atoms with van der Waals surface area (Å²) in [5.74, 6) is -0.548. The molecule has 29 heavy (non-hydrogen) atoms. The molecule has 1 N–H and O–H groups in total. The molecule has 0 radical (unpaired) electrons. The quantitative estimate of drug-likeness (QED) is 0.409. The summed E-state index contributed by atoms with van der Waals surface area (Å²) < 4.78 is 28.7. The van der Waals surface area contributed by atoms with E-state index in [1.807, 2.05) is 0 Å². The molecule has 0 unspecified atom stereocenters. The van der Waals surface area contributed by atoms with Crippen molar-refractivity contribution in [1.82, 2.24) is 19.6 Å². The number of rotatable bonds is 3. The van der Waals surface area contributed by atoms with E-state index in [1.54, 1.807) is 44.8 Å². The molecule has 10 heteroatoms. The van der Waals surface area contributed by atoms with Gasteiger partial charge in [-0.15, -0.1) is 0 Å². The van der Waals surface area contributed by atoms with Crippen LogP contribution in [0.3, 0.4) is 0 Å². The molecule has 0 saturated carbocycles. The van der Waals surface area contributed by atoms with E-state index >= 15 is 0 Å². The Labute approximate surface area is 212 Å². The number of nitrogens with zero attached hydrogens (tertiary/aromatic N) is 3. The molecule has 148 valence electrons. The summed E-state index contributed by atoms with van der Waals surface area (Å²) in [4.78, 5) is 25.7. The number of aromatic nitrogens is 4. The third-order valence-corrected chi connectivity index (χ3v) is 7.01. The average Bonchev–Trinajstić information content (AvgIpc) is 3.17. The number of nitrogens with one attached hydrogen (secondary N) is 1. The topological polar surface area (TPSA) is 107 Å². The van der Waals surface area contributed by atoms with Crippen LogP contribution in [0.5, 0.6) is 0 Å². The number of carbonyl (C=O) groups excluding carboxylic acids is 1. The van der Waals surface area contributed by atoms with Crippen LogP contribution < -0.4 is 56.9 Å². The maximum atomic E-state index is 13.1.